The number of nitrogens with two attached hydrogens (primary N) is 1. The van der Waals surface area contributed by atoms with Crippen molar-refractivity contribution in [3.63, 3.8) is 0 Å². The summed E-state index contributed by atoms with van der Waals surface area (Å²) in [7, 11) is 5.49. The van der Waals surface area contributed by atoms with Gasteiger partial charge in [-0.25, -0.2) is 9.18 Å². The highest BCUT2D eigenvalue weighted by Crippen LogP contribution is 2.41. The van der Waals surface area contributed by atoms with Crippen LogP contribution in [-0.2, 0) is 35.4 Å². The van der Waals surface area contributed by atoms with Gasteiger partial charge in [-0.2, -0.15) is 18.8 Å². The van der Waals surface area contributed by atoms with Gasteiger partial charge >= 0.3 is 5.97 Å². The van der Waals surface area contributed by atoms with Crippen molar-refractivity contribution in [2.45, 2.75) is 30.5 Å². The number of esters is 1. The third-order valence-corrected chi connectivity index (χ3v) is 8.93. The van der Waals surface area contributed by atoms with E-state index in [2.05, 4.69) is 19.8 Å². The topological polar surface area (TPSA) is 168 Å². The Bertz CT molecular complexity index is 1530. The second-order valence-corrected chi connectivity index (χ2v) is 12.6. The number of ether oxygens (including phenoxy) is 2. The molecule has 0 saturated carbocycles. The van der Waals surface area contributed by atoms with Crippen LogP contribution in [0.2, 0.25) is 0 Å². The van der Waals surface area contributed by atoms with E-state index >= 15 is 0 Å². The van der Waals surface area contributed by atoms with Gasteiger partial charge in [-0.05, 0) is 29.3 Å². The Morgan fingerprint density at radius 2 is 2.09 bits per heavy atom. The summed E-state index contributed by atoms with van der Waals surface area (Å²) in [6, 6.07) is 6.07. The first kappa shape index (κ1) is 32.3. The Morgan fingerprint density at radius 3 is 2.73 bits per heavy atom. The summed E-state index contributed by atoms with van der Waals surface area (Å²) in [5.74, 6) is -1.12. The number of amides is 2. The number of methoxy groups -OCH3 is 1. The molecule has 0 spiro atoms. The monoisotopic (exact) mass is 662 g/mol. The molecule has 0 aliphatic carbocycles. The number of benzene rings is 1. The lowest BCUT2D eigenvalue weighted by Gasteiger charge is -2.49. The number of hydroxylamine groups is 3. The van der Waals surface area contributed by atoms with Gasteiger partial charge in [-0.3, -0.25) is 14.5 Å². The van der Waals surface area contributed by atoms with E-state index in [0.717, 1.165) is 30.1 Å². The van der Waals surface area contributed by atoms with Crippen LogP contribution in [0, 0.1) is 0 Å². The van der Waals surface area contributed by atoms with Crippen LogP contribution in [-0.4, -0.2) is 107 Å². The van der Waals surface area contributed by atoms with Gasteiger partial charge in [0.15, 0.2) is 5.13 Å². The molecule has 1 aromatic carbocycles. The van der Waals surface area contributed by atoms with Crippen LogP contribution in [0.5, 0.6) is 5.75 Å². The molecule has 45 heavy (non-hydrogen) atoms. The van der Waals surface area contributed by atoms with E-state index in [-0.39, 0.29) is 35.1 Å². The lowest BCUT2D eigenvalue weighted by atomic mass is 10.0. The molecule has 4 heterocycles. The number of rotatable bonds is 12. The normalized spacial score (nSPS) is 22.7. The number of nitrogens with one attached hydrogen (secondary N) is 1. The molecule has 2 fully saturated rings. The van der Waals surface area contributed by atoms with Gasteiger partial charge in [0.1, 0.15) is 55.4 Å². The van der Waals surface area contributed by atoms with Crippen molar-refractivity contribution >= 4 is 51.9 Å². The van der Waals surface area contributed by atoms with Crippen LogP contribution in [0.1, 0.15) is 17.8 Å². The fourth-order valence-corrected chi connectivity index (χ4v) is 6.59. The second-order valence-electron chi connectivity index (χ2n) is 10.7. The van der Waals surface area contributed by atoms with E-state index in [0.29, 0.717) is 21.7 Å². The molecule has 240 valence electrons. The van der Waals surface area contributed by atoms with Gasteiger partial charge in [0.25, 0.3) is 11.8 Å². The number of quaternary nitrogens is 1. The molecule has 1 unspecified atom stereocenters. The Labute approximate surface area is 266 Å². The van der Waals surface area contributed by atoms with Gasteiger partial charge in [-0.15, -0.1) is 11.8 Å². The number of carbonyl (C=O) groups excluding carboxylic acids is 3. The van der Waals surface area contributed by atoms with Crippen LogP contribution < -0.4 is 15.8 Å². The molecule has 3 N–H and O–H groups in total. The van der Waals surface area contributed by atoms with Crippen molar-refractivity contribution in [1.29, 1.82) is 0 Å². The third-order valence-electron chi connectivity index (χ3n) is 7.08. The second kappa shape index (κ2) is 13.9. The van der Waals surface area contributed by atoms with Crippen molar-refractivity contribution in [3.05, 3.63) is 59.1 Å². The SMILES string of the molecule is COc1ccc(COC(=O)C2=C(/C=C/C3CC[N+](C)(C)O3)CS[C@@H]3[C@H](NC(=O)/C(=N\OCCF)c4nsc(N)n4)C(=O)N23)cc1. The van der Waals surface area contributed by atoms with Crippen LogP contribution >= 0.6 is 23.3 Å². The molecule has 1 aromatic heterocycles. The Balaban J connectivity index is 1.35. The number of thioether (sulfide) groups is 1. The van der Waals surface area contributed by atoms with Gasteiger partial charge < -0.3 is 25.4 Å². The number of nitrogens with zero attached hydrogens (tertiary/aromatic N) is 5. The summed E-state index contributed by atoms with van der Waals surface area (Å²) in [4.78, 5) is 56.4. The molecule has 3 aliphatic rings. The minimum absolute atomic E-state index is 0.0246. The van der Waals surface area contributed by atoms with Gasteiger partial charge in [0.2, 0.25) is 11.5 Å². The zero-order valence-corrected chi connectivity index (χ0v) is 26.4. The maximum Gasteiger partial charge on any atom is 0.355 e. The maximum atomic E-state index is 13.6. The van der Waals surface area contributed by atoms with Crippen molar-refractivity contribution in [3.8, 4) is 5.75 Å². The molecule has 2 amide bonds. The molecular weight excluding hydrogens is 629 g/mol. The van der Waals surface area contributed by atoms with E-state index < -0.39 is 42.5 Å². The summed E-state index contributed by atoms with van der Waals surface area (Å²) in [6.07, 6.45) is 4.33. The van der Waals surface area contributed by atoms with E-state index in [1.807, 2.05) is 20.2 Å². The third kappa shape index (κ3) is 7.43. The average molecular weight is 663 g/mol. The van der Waals surface area contributed by atoms with Crippen LogP contribution in [0.25, 0.3) is 0 Å². The quantitative estimate of drug-likeness (QED) is 0.0845. The number of carbonyl (C=O) groups is 3. The molecule has 3 aliphatic heterocycles. The molecular formula is C28H33FN7O7S2+. The molecule has 0 radical (unpaired) electrons. The minimum Gasteiger partial charge on any atom is -0.497 e. The number of hydrogen-bond acceptors (Lipinski definition) is 13. The van der Waals surface area contributed by atoms with E-state index in [1.165, 1.54) is 16.7 Å². The summed E-state index contributed by atoms with van der Waals surface area (Å²) in [5.41, 5.74) is 6.72. The maximum absolute atomic E-state index is 13.6. The highest BCUT2D eigenvalue weighted by molar-refractivity contribution is 8.00. The summed E-state index contributed by atoms with van der Waals surface area (Å²) in [5, 5.41) is 5.78. The predicted octanol–water partition coefficient (Wildman–Crippen LogP) is 1.55. The van der Waals surface area contributed by atoms with Crippen molar-refractivity contribution in [2.24, 2.45) is 5.16 Å². The highest BCUT2D eigenvalue weighted by Gasteiger charge is 2.54. The zero-order chi connectivity index (χ0) is 32.1. The number of fused-ring (bicyclic) bond motifs is 1. The van der Waals surface area contributed by atoms with Crippen molar-refractivity contribution in [2.75, 3.05) is 52.5 Å². The number of allylic oxidation sites excluding steroid dienone is 1. The molecule has 5 rings (SSSR count). The Kier molecular flexibility index (Phi) is 10.0. The fourth-order valence-electron chi connectivity index (χ4n) is 4.83. The first-order chi connectivity index (χ1) is 21.6. The van der Waals surface area contributed by atoms with Gasteiger partial charge in [0.05, 0.1) is 21.2 Å². The number of hydrogen-bond donors (Lipinski definition) is 2. The minimum atomic E-state index is -1.00. The van der Waals surface area contributed by atoms with Gasteiger partial charge in [-0.1, -0.05) is 23.4 Å². The van der Waals surface area contributed by atoms with Crippen molar-refractivity contribution < 1.29 is 42.6 Å². The number of halogens is 1. The lowest BCUT2D eigenvalue weighted by Crippen LogP contribution is -2.71. The average Bonchev–Trinajstić information content (AvgIpc) is 3.62. The van der Waals surface area contributed by atoms with Crippen LogP contribution in [0.15, 0.2) is 52.8 Å². The summed E-state index contributed by atoms with van der Waals surface area (Å²) < 4.78 is 27.8. The number of alkyl halides is 1. The van der Waals surface area contributed by atoms with Crippen molar-refractivity contribution in [1.82, 2.24) is 19.6 Å². The lowest BCUT2D eigenvalue weighted by molar-refractivity contribution is -1.06. The Hall–Kier alpha value is -4.06. The molecule has 3 atom stereocenters. The predicted molar refractivity (Wildman–Crippen MR) is 163 cm³/mol. The van der Waals surface area contributed by atoms with E-state index in [1.54, 1.807) is 37.5 Å². The molecule has 2 saturated heterocycles. The fraction of sp³-hybridized carbons (Fsp3) is 0.429. The first-order valence-electron chi connectivity index (χ1n) is 13.9. The number of anilines is 1. The molecule has 0 bridgehead atoms. The summed E-state index contributed by atoms with van der Waals surface area (Å²) >= 11 is 2.21. The Morgan fingerprint density at radius 1 is 1.31 bits per heavy atom. The number of nitrogen functional groups attached to an aromatic ring is 1. The number of β-lactam (4-membered cyclic amide) rings is 1. The molecule has 14 nitrogen and oxygen atoms in total. The largest absolute Gasteiger partial charge is 0.497 e. The first-order valence-corrected chi connectivity index (χ1v) is 15.8. The highest BCUT2D eigenvalue weighted by atomic mass is 32.2. The molecule has 2 aromatic rings. The number of aromatic nitrogens is 2. The van der Waals surface area contributed by atoms with E-state index in [9.17, 15) is 18.8 Å². The zero-order valence-electron chi connectivity index (χ0n) is 24.8. The van der Waals surface area contributed by atoms with Gasteiger partial charge in [0, 0.05) is 23.7 Å². The number of oxime groups is 1. The van der Waals surface area contributed by atoms with Crippen LogP contribution in [0.4, 0.5) is 9.52 Å². The van der Waals surface area contributed by atoms with Crippen LogP contribution in [0.3, 0.4) is 0 Å². The van der Waals surface area contributed by atoms with E-state index in [4.69, 9.17) is 24.9 Å². The molecule has 17 heteroatoms. The smallest absolute Gasteiger partial charge is 0.355 e. The summed E-state index contributed by atoms with van der Waals surface area (Å²) in [6.45, 7) is -0.412. The standard InChI is InChI=1S/C28H32FN7O7S2/c1-36(2)12-10-19(43-36)9-6-17-15-44-26-21(31-24(37)20(33-42-13-11-29)23-32-28(30)45-34-23)25(38)35(26)22(17)27(39)41-14-16-4-7-18(40-3)8-5-16/h4-9,19,21,26H,10-15H2,1-3H3,(H2-,30,31,32,34,37)/p+1/b9-6+,33-20-/t19?,21-,26-/m1/s1.